The van der Waals surface area contributed by atoms with Gasteiger partial charge in [0.05, 0.1) is 27.7 Å². The summed E-state index contributed by atoms with van der Waals surface area (Å²) in [5.74, 6) is -0.136. The molecule has 3 aromatic carbocycles. The predicted molar refractivity (Wildman–Crippen MR) is 158 cm³/mol. The molecule has 0 aliphatic heterocycles. The molecule has 8 nitrogen and oxygen atoms in total. The van der Waals surface area contributed by atoms with Gasteiger partial charge < -0.3 is 15.0 Å². The minimum absolute atomic E-state index is 0.00376. The van der Waals surface area contributed by atoms with Crippen molar-refractivity contribution in [1.29, 1.82) is 0 Å². The van der Waals surface area contributed by atoms with E-state index in [0.29, 0.717) is 17.9 Å². The second-order valence-corrected chi connectivity index (χ2v) is 12.3. The number of nitrogens with zero attached hydrogens (tertiary/aromatic N) is 2. The number of amides is 2. The number of hydrogen-bond donors (Lipinski definition) is 1. The molecule has 0 aliphatic carbocycles. The van der Waals surface area contributed by atoms with Gasteiger partial charge in [-0.15, -0.1) is 0 Å². The molecule has 1 N–H and O–H groups in total. The van der Waals surface area contributed by atoms with Gasteiger partial charge in [0, 0.05) is 13.1 Å². The van der Waals surface area contributed by atoms with Gasteiger partial charge in [0.1, 0.15) is 18.3 Å². The van der Waals surface area contributed by atoms with Crippen LogP contribution in [0.25, 0.3) is 0 Å². The van der Waals surface area contributed by atoms with E-state index in [4.69, 9.17) is 27.9 Å². The van der Waals surface area contributed by atoms with Gasteiger partial charge in [0.25, 0.3) is 10.0 Å². The summed E-state index contributed by atoms with van der Waals surface area (Å²) in [6.45, 7) is 5.44. The number of benzene rings is 3. The third-order valence-corrected chi connectivity index (χ3v) is 8.67. The molecule has 0 radical (unpaired) electrons. The average Bonchev–Trinajstić information content (AvgIpc) is 2.94. The quantitative estimate of drug-likeness (QED) is 0.299. The molecule has 0 bridgehead atoms. The topological polar surface area (TPSA) is 96.0 Å². The van der Waals surface area contributed by atoms with Gasteiger partial charge in [-0.2, -0.15) is 0 Å². The van der Waals surface area contributed by atoms with Gasteiger partial charge in [-0.1, -0.05) is 67.4 Å². The molecule has 0 aliphatic rings. The first kappa shape index (κ1) is 31.3. The fraction of sp³-hybridized carbons (Fsp3) is 0.310. The Morgan fingerprint density at radius 2 is 1.62 bits per heavy atom. The number of anilines is 1. The van der Waals surface area contributed by atoms with Crippen molar-refractivity contribution < 1.29 is 22.7 Å². The Balaban J connectivity index is 2.03. The molecular weight excluding hydrogens is 573 g/mol. The minimum atomic E-state index is -4.20. The van der Waals surface area contributed by atoms with Gasteiger partial charge >= 0.3 is 0 Å². The third-order valence-electron chi connectivity index (χ3n) is 6.14. The van der Waals surface area contributed by atoms with E-state index in [2.05, 4.69) is 5.32 Å². The molecule has 2 amide bonds. The first-order valence-corrected chi connectivity index (χ1v) is 14.9. The van der Waals surface area contributed by atoms with Gasteiger partial charge in [0.2, 0.25) is 11.8 Å². The number of hydrogen-bond acceptors (Lipinski definition) is 5. The number of ether oxygens (including phenoxy) is 1. The highest BCUT2D eigenvalue weighted by Gasteiger charge is 2.32. The van der Waals surface area contributed by atoms with Gasteiger partial charge in [-0.3, -0.25) is 13.9 Å². The molecule has 11 heteroatoms. The number of carbonyl (C=O) groups excluding carboxylic acids is 2. The van der Waals surface area contributed by atoms with Crippen molar-refractivity contribution >= 4 is 50.7 Å². The maximum absolute atomic E-state index is 13.9. The molecule has 3 rings (SSSR count). The predicted octanol–water partition coefficient (Wildman–Crippen LogP) is 5.39. The second-order valence-electron chi connectivity index (χ2n) is 9.61. The standard InChI is InChI=1S/C29H33Cl2N3O5S/c1-20(2)17-32-29(36)21(3)33(18-22-9-8-10-24(15-22)39-4)28(35)19-34(23-13-14-26(30)27(31)16-23)40(37,38)25-11-6-5-7-12-25/h5-16,20-21H,17-19H2,1-4H3,(H,32,36)/t21-/m0/s1. The zero-order valence-corrected chi connectivity index (χ0v) is 25.1. The lowest BCUT2D eigenvalue weighted by molar-refractivity contribution is -0.139. The lowest BCUT2D eigenvalue weighted by Crippen LogP contribution is -2.51. The number of carbonyl (C=O) groups is 2. The van der Waals surface area contributed by atoms with Crippen molar-refractivity contribution in [1.82, 2.24) is 10.2 Å². The van der Waals surface area contributed by atoms with Crippen LogP contribution in [0.2, 0.25) is 10.0 Å². The lowest BCUT2D eigenvalue weighted by Gasteiger charge is -2.32. The molecule has 0 heterocycles. The van der Waals surface area contributed by atoms with Gasteiger partial charge in [-0.05, 0) is 60.9 Å². The van der Waals surface area contributed by atoms with Gasteiger partial charge in [0.15, 0.2) is 0 Å². The van der Waals surface area contributed by atoms with Crippen LogP contribution in [0.15, 0.2) is 77.7 Å². The van der Waals surface area contributed by atoms with Crippen LogP contribution in [0.3, 0.4) is 0 Å². The van der Waals surface area contributed by atoms with Crippen LogP contribution in [0, 0.1) is 5.92 Å². The van der Waals surface area contributed by atoms with Crippen molar-refractivity contribution in [2.75, 3.05) is 24.5 Å². The summed E-state index contributed by atoms with van der Waals surface area (Å²) in [6, 6.07) is 18.3. The molecule has 3 aromatic rings. The van der Waals surface area contributed by atoms with E-state index in [9.17, 15) is 18.0 Å². The van der Waals surface area contributed by atoms with Crippen molar-refractivity contribution in [3.63, 3.8) is 0 Å². The molecule has 0 saturated heterocycles. The molecule has 0 aromatic heterocycles. The first-order chi connectivity index (χ1) is 18.9. The summed E-state index contributed by atoms with van der Waals surface area (Å²) in [7, 11) is -2.66. The summed E-state index contributed by atoms with van der Waals surface area (Å²) in [4.78, 5) is 28.4. The Hall–Kier alpha value is -3.27. The van der Waals surface area contributed by atoms with Crippen LogP contribution in [-0.4, -0.2) is 51.4 Å². The van der Waals surface area contributed by atoms with Crippen molar-refractivity contribution in [3.05, 3.63) is 88.4 Å². The lowest BCUT2D eigenvalue weighted by atomic mass is 10.1. The zero-order chi connectivity index (χ0) is 29.4. The Bertz CT molecular complexity index is 1430. The fourth-order valence-corrected chi connectivity index (χ4v) is 5.61. The molecule has 214 valence electrons. The van der Waals surface area contributed by atoms with Crippen LogP contribution in [0.5, 0.6) is 5.75 Å². The normalized spacial score (nSPS) is 12.1. The Morgan fingerprint density at radius 3 is 2.25 bits per heavy atom. The number of sulfonamides is 1. The van der Waals surface area contributed by atoms with E-state index in [1.165, 1.54) is 42.3 Å². The fourth-order valence-electron chi connectivity index (χ4n) is 3.89. The summed E-state index contributed by atoms with van der Waals surface area (Å²) >= 11 is 12.3. The number of halogens is 2. The van der Waals surface area contributed by atoms with Crippen LogP contribution in [-0.2, 0) is 26.2 Å². The van der Waals surface area contributed by atoms with E-state index < -0.39 is 28.5 Å². The van der Waals surface area contributed by atoms with E-state index in [1.807, 2.05) is 13.8 Å². The number of rotatable bonds is 12. The van der Waals surface area contributed by atoms with Crippen molar-refractivity contribution in [3.8, 4) is 5.75 Å². The molecule has 0 saturated carbocycles. The molecule has 0 fully saturated rings. The number of methoxy groups -OCH3 is 1. The smallest absolute Gasteiger partial charge is 0.264 e. The average molecular weight is 607 g/mol. The second kappa shape index (κ2) is 13.9. The maximum atomic E-state index is 13.9. The summed E-state index contributed by atoms with van der Waals surface area (Å²) in [6.07, 6.45) is 0. The van der Waals surface area contributed by atoms with Crippen molar-refractivity contribution in [2.45, 2.75) is 38.3 Å². The maximum Gasteiger partial charge on any atom is 0.264 e. The molecule has 40 heavy (non-hydrogen) atoms. The minimum Gasteiger partial charge on any atom is -0.497 e. The highest BCUT2D eigenvalue weighted by atomic mass is 35.5. The summed E-state index contributed by atoms with van der Waals surface area (Å²) in [5.41, 5.74) is 0.869. The van der Waals surface area contributed by atoms with Crippen LogP contribution >= 0.6 is 23.2 Å². The SMILES string of the molecule is COc1cccc(CN(C(=O)CN(c2ccc(Cl)c(Cl)c2)S(=O)(=O)c2ccccc2)[C@@H](C)C(=O)NCC(C)C)c1. The number of nitrogens with one attached hydrogen (secondary N) is 1. The Labute approximate surface area is 245 Å². The summed E-state index contributed by atoms with van der Waals surface area (Å²) in [5, 5.41) is 3.23. The van der Waals surface area contributed by atoms with Gasteiger partial charge in [-0.25, -0.2) is 8.42 Å². The molecular formula is C29H33Cl2N3O5S. The third kappa shape index (κ3) is 7.90. The Kier molecular flexibility index (Phi) is 10.8. The Morgan fingerprint density at radius 1 is 0.925 bits per heavy atom. The highest BCUT2D eigenvalue weighted by molar-refractivity contribution is 7.92. The molecule has 0 unspecified atom stereocenters. The largest absolute Gasteiger partial charge is 0.497 e. The highest BCUT2D eigenvalue weighted by Crippen LogP contribution is 2.31. The zero-order valence-electron chi connectivity index (χ0n) is 22.8. The van der Waals surface area contributed by atoms with Crippen LogP contribution < -0.4 is 14.4 Å². The summed E-state index contributed by atoms with van der Waals surface area (Å²) < 4.78 is 33.9. The van der Waals surface area contributed by atoms with E-state index in [0.717, 1.165) is 4.31 Å². The first-order valence-electron chi connectivity index (χ1n) is 12.7. The van der Waals surface area contributed by atoms with Crippen LogP contribution in [0.1, 0.15) is 26.3 Å². The molecule has 1 atom stereocenters. The van der Waals surface area contributed by atoms with E-state index in [1.54, 1.807) is 49.4 Å². The van der Waals surface area contributed by atoms with E-state index >= 15 is 0 Å². The van der Waals surface area contributed by atoms with Crippen LogP contribution in [0.4, 0.5) is 5.69 Å². The van der Waals surface area contributed by atoms with E-state index in [-0.39, 0.29) is 39.0 Å². The molecule has 0 spiro atoms. The van der Waals surface area contributed by atoms with Crippen molar-refractivity contribution in [2.24, 2.45) is 5.92 Å². The monoisotopic (exact) mass is 605 g/mol.